The maximum Gasteiger partial charge on any atom is 0.0485 e. The van der Waals surface area contributed by atoms with E-state index in [2.05, 4.69) is 48.0 Å². The zero-order valence-corrected chi connectivity index (χ0v) is 10.4. The minimum atomic E-state index is 1.04. The number of benzene rings is 1. The highest BCUT2D eigenvalue weighted by Crippen LogP contribution is 2.23. The predicted octanol–water partition coefficient (Wildman–Crippen LogP) is 2.73. The molecular formula is C14H20N2. The van der Waals surface area contributed by atoms with Crippen molar-refractivity contribution in [3.63, 3.8) is 0 Å². The summed E-state index contributed by atoms with van der Waals surface area (Å²) in [6.07, 6.45) is 1.10. The van der Waals surface area contributed by atoms with E-state index >= 15 is 0 Å². The summed E-state index contributed by atoms with van der Waals surface area (Å²) in [6.45, 7) is 6.47. The van der Waals surface area contributed by atoms with Gasteiger partial charge in [0.1, 0.15) is 0 Å². The topological polar surface area (TPSA) is 17.0 Å². The van der Waals surface area contributed by atoms with Gasteiger partial charge in [-0.15, -0.1) is 0 Å². The van der Waals surface area contributed by atoms with E-state index < -0.39 is 0 Å². The molecule has 1 aromatic carbocycles. The minimum absolute atomic E-state index is 1.04. The van der Waals surface area contributed by atoms with Crippen LogP contribution in [0.1, 0.15) is 18.2 Å². The van der Waals surface area contributed by atoms with Crippen LogP contribution < -0.4 is 5.32 Å². The molecule has 0 radical (unpaired) electrons. The molecule has 0 aliphatic carbocycles. The van der Waals surface area contributed by atoms with Gasteiger partial charge >= 0.3 is 0 Å². The fourth-order valence-corrected chi connectivity index (χ4v) is 2.38. The molecule has 1 N–H and O–H groups in total. The van der Waals surface area contributed by atoms with Gasteiger partial charge in [-0.05, 0) is 51.6 Å². The third-order valence-corrected chi connectivity index (χ3v) is 3.20. The van der Waals surface area contributed by atoms with E-state index in [1.54, 1.807) is 0 Å². The van der Waals surface area contributed by atoms with Crippen LogP contribution >= 0.6 is 0 Å². The van der Waals surface area contributed by atoms with Gasteiger partial charge in [-0.2, -0.15) is 0 Å². The summed E-state index contributed by atoms with van der Waals surface area (Å²) >= 11 is 0. The first-order valence-electron chi connectivity index (χ1n) is 6.00. The Morgan fingerprint density at radius 2 is 2.12 bits per heavy atom. The molecule has 0 amide bonds. The Balaban J connectivity index is 2.51. The van der Waals surface area contributed by atoms with Crippen molar-refractivity contribution in [3.8, 4) is 0 Å². The molecule has 2 aromatic rings. The van der Waals surface area contributed by atoms with Crippen LogP contribution in [-0.2, 0) is 13.0 Å². The van der Waals surface area contributed by atoms with Crippen LogP contribution in [0.5, 0.6) is 0 Å². The fraction of sp³-hybridized carbons (Fsp3) is 0.429. The molecule has 0 saturated heterocycles. The lowest BCUT2D eigenvalue weighted by molar-refractivity contribution is 0.769. The summed E-state index contributed by atoms with van der Waals surface area (Å²) in [6, 6.07) is 8.93. The number of hydrogen-bond donors (Lipinski definition) is 1. The number of fused-ring (bicyclic) bond motifs is 1. The Labute approximate surface area is 97.3 Å². The molecular weight excluding hydrogens is 196 g/mol. The highest BCUT2D eigenvalue weighted by atomic mass is 15.0. The third-order valence-electron chi connectivity index (χ3n) is 3.20. The van der Waals surface area contributed by atoms with E-state index in [1.165, 1.54) is 22.2 Å². The number of hydrogen-bond acceptors (Lipinski definition) is 1. The summed E-state index contributed by atoms with van der Waals surface area (Å²) in [5.41, 5.74) is 4.17. The van der Waals surface area contributed by atoms with E-state index in [9.17, 15) is 0 Å². The van der Waals surface area contributed by atoms with Gasteiger partial charge in [0.15, 0.2) is 0 Å². The Morgan fingerprint density at radius 3 is 2.81 bits per heavy atom. The molecule has 0 atom stereocenters. The van der Waals surface area contributed by atoms with Crippen molar-refractivity contribution in [1.82, 2.24) is 9.88 Å². The van der Waals surface area contributed by atoms with E-state index in [0.717, 1.165) is 19.5 Å². The van der Waals surface area contributed by atoms with Crippen LogP contribution in [0.15, 0.2) is 24.3 Å². The van der Waals surface area contributed by atoms with Gasteiger partial charge in [-0.1, -0.05) is 12.1 Å². The Kier molecular flexibility index (Phi) is 3.30. The normalized spacial score (nSPS) is 11.2. The summed E-state index contributed by atoms with van der Waals surface area (Å²) in [5, 5.41) is 4.62. The molecule has 0 aliphatic rings. The highest BCUT2D eigenvalue weighted by molar-refractivity contribution is 5.84. The van der Waals surface area contributed by atoms with Crippen molar-refractivity contribution in [2.24, 2.45) is 0 Å². The molecule has 1 heterocycles. The Bertz CT molecular complexity index is 483. The molecule has 2 heteroatoms. The number of rotatable bonds is 4. The molecule has 0 fully saturated rings. The summed E-state index contributed by atoms with van der Waals surface area (Å²) in [5.74, 6) is 0. The van der Waals surface area contributed by atoms with Gasteiger partial charge < -0.3 is 9.88 Å². The second-order valence-electron chi connectivity index (χ2n) is 4.23. The van der Waals surface area contributed by atoms with Crippen LogP contribution in [0.3, 0.4) is 0 Å². The van der Waals surface area contributed by atoms with Crippen LogP contribution in [0.4, 0.5) is 0 Å². The Hall–Kier alpha value is -1.28. The van der Waals surface area contributed by atoms with Gasteiger partial charge in [-0.25, -0.2) is 0 Å². The number of nitrogens with zero attached hydrogens (tertiary/aromatic N) is 1. The van der Waals surface area contributed by atoms with Crippen LogP contribution in [0.2, 0.25) is 0 Å². The van der Waals surface area contributed by atoms with E-state index in [1.807, 2.05) is 7.05 Å². The smallest absolute Gasteiger partial charge is 0.0485 e. The van der Waals surface area contributed by atoms with Gasteiger partial charge in [0.2, 0.25) is 0 Å². The van der Waals surface area contributed by atoms with Crippen LogP contribution in [0.25, 0.3) is 10.9 Å². The maximum absolute atomic E-state index is 3.21. The van der Waals surface area contributed by atoms with Gasteiger partial charge in [0.25, 0.3) is 0 Å². The Morgan fingerprint density at radius 1 is 1.31 bits per heavy atom. The van der Waals surface area contributed by atoms with Crippen LogP contribution in [0, 0.1) is 6.92 Å². The van der Waals surface area contributed by atoms with Crippen molar-refractivity contribution in [2.75, 3.05) is 13.6 Å². The molecule has 2 nitrogen and oxygen atoms in total. The zero-order valence-electron chi connectivity index (χ0n) is 10.4. The number of aryl methyl sites for hydroxylation is 2. The molecule has 2 rings (SSSR count). The minimum Gasteiger partial charge on any atom is -0.345 e. The second-order valence-corrected chi connectivity index (χ2v) is 4.23. The first kappa shape index (κ1) is 11.2. The lowest BCUT2D eigenvalue weighted by Gasteiger charge is -2.06. The molecule has 0 aliphatic heterocycles. The van der Waals surface area contributed by atoms with Gasteiger partial charge in [-0.3, -0.25) is 0 Å². The van der Waals surface area contributed by atoms with Gasteiger partial charge in [0, 0.05) is 23.1 Å². The van der Waals surface area contributed by atoms with Crippen molar-refractivity contribution < 1.29 is 0 Å². The fourth-order valence-electron chi connectivity index (χ4n) is 2.38. The van der Waals surface area contributed by atoms with Crippen molar-refractivity contribution in [3.05, 3.63) is 35.5 Å². The first-order chi connectivity index (χ1) is 7.77. The maximum atomic E-state index is 3.21. The zero-order chi connectivity index (χ0) is 11.5. The average Bonchev–Trinajstić information content (AvgIpc) is 2.62. The van der Waals surface area contributed by atoms with Crippen molar-refractivity contribution in [2.45, 2.75) is 26.8 Å². The number of aromatic nitrogens is 1. The van der Waals surface area contributed by atoms with Crippen LogP contribution in [-0.4, -0.2) is 18.2 Å². The predicted molar refractivity (Wildman–Crippen MR) is 70.0 cm³/mol. The second kappa shape index (κ2) is 4.71. The molecule has 0 bridgehead atoms. The van der Waals surface area contributed by atoms with E-state index in [-0.39, 0.29) is 0 Å². The number of likely N-dealkylation sites (N-methyl/N-ethyl adjacent to an activating group) is 1. The highest BCUT2D eigenvalue weighted by Gasteiger charge is 2.07. The first-order valence-corrected chi connectivity index (χ1v) is 6.00. The summed E-state index contributed by atoms with van der Waals surface area (Å²) in [7, 11) is 2.00. The number of nitrogens with one attached hydrogen (secondary N) is 1. The molecule has 1 aromatic heterocycles. The van der Waals surface area contributed by atoms with E-state index in [0.29, 0.717) is 0 Å². The molecule has 16 heavy (non-hydrogen) atoms. The SMILES string of the molecule is CCn1c(C)cc2c(CCNC)cccc21. The molecule has 0 saturated carbocycles. The van der Waals surface area contributed by atoms with Gasteiger partial charge in [0.05, 0.1) is 0 Å². The van der Waals surface area contributed by atoms with Crippen molar-refractivity contribution >= 4 is 10.9 Å². The standard InChI is InChI=1S/C14H20N2/c1-4-16-11(2)10-13-12(8-9-15-3)6-5-7-14(13)16/h5-7,10,15H,4,8-9H2,1-3H3. The van der Waals surface area contributed by atoms with Crippen molar-refractivity contribution in [1.29, 1.82) is 0 Å². The molecule has 0 spiro atoms. The lowest BCUT2D eigenvalue weighted by atomic mass is 10.1. The molecule has 86 valence electrons. The summed E-state index contributed by atoms with van der Waals surface area (Å²) < 4.78 is 2.37. The lowest BCUT2D eigenvalue weighted by Crippen LogP contribution is -2.10. The third kappa shape index (κ3) is 1.85. The monoisotopic (exact) mass is 216 g/mol. The largest absolute Gasteiger partial charge is 0.345 e. The van der Waals surface area contributed by atoms with E-state index in [4.69, 9.17) is 0 Å². The summed E-state index contributed by atoms with van der Waals surface area (Å²) in [4.78, 5) is 0. The quantitative estimate of drug-likeness (QED) is 0.831. The average molecular weight is 216 g/mol. The molecule has 0 unspecified atom stereocenters.